The number of nitrogens with one attached hydrogen (secondary N) is 1. The topological polar surface area (TPSA) is 66.3 Å². The van der Waals surface area contributed by atoms with Crippen molar-refractivity contribution in [2.75, 3.05) is 37.9 Å². The lowest BCUT2D eigenvalue weighted by molar-refractivity contribution is 0.146. The molecule has 1 atom stereocenters. The molecule has 2 aromatic carbocycles. The van der Waals surface area contributed by atoms with Gasteiger partial charge in [0.15, 0.2) is 0 Å². The van der Waals surface area contributed by atoms with Gasteiger partial charge in [-0.1, -0.05) is 18.2 Å². The Morgan fingerprint density at radius 3 is 2.38 bits per heavy atom. The number of nitrogens with zero attached hydrogens (tertiary/aromatic N) is 5. The molecule has 0 radical (unpaired) electrons. The molecule has 0 amide bonds. The van der Waals surface area contributed by atoms with Crippen LogP contribution < -0.4 is 15.8 Å². The first kappa shape index (κ1) is 29.9. The smallest absolute Gasteiger partial charge is 0.266 e. The summed E-state index contributed by atoms with van der Waals surface area (Å²) >= 11 is 0. The number of hydrogen-bond donors (Lipinski definition) is 1. The number of halogens is 4. The molecule has 208 valence electrons. The number of benzene rings is 2. The van der Waals surface area contributed by atoms with E-state index >= 15 is 0 Å². The van der Waals surface area contributed by atoms with Crippen molar-refractivity contribution in [3.8, 4) is 0 Å². The summed E-state index contributed by atoms with van der Waals surface area (Å²) in [5, 5.41) is 3.89. The van der Waals surface area contributed by atoms with Crippen molar-refractivity contribution in [1.29, 1.82) is 0 Å². The van der Waals surface area contributed by atoms with Crippen LogP contribution in [-0.4, -0.2) is 47.1 Å². The molecule has 39 heavy (non-hydrogen) atoms. The highest BCUT2D eigenvalue weighted by Crippen LogP contribution is 2.32. The number of pyridine rings is 1. The van der Waals surface area contributed by atoms with Gasteiger partial charge in [0.1, 0.15) is 17.5 Å². The normalized spacial score (nSPS) is 12.1. The van der Waals surface area contributed by atoms with Gasteiger partial charge in [0.2, 0.25) is 0 Å². The number of aryl methyl sites for hydroxylation is 1. The molecule has 2 heterocycles. The van der Waals surface area contributed by atoms with E-state index in [9.17, 15) is 18.0 Å². The number of aromatic nitrogens is 3. The van der Waals surface area contributed by atoms with Crippen molar-refractivity contribution in [2.45, 2.75) is 32.9 Å². The van der Waals surface area contributed by atoms with Crippen LogP contribution in [-0.2, 0) is 6.54 Å². The highest BCUT2D eigenvalue weighted by atomic mass is 35.5. The van der Waals surface area contributed by atoms with Crippen LogP contribution in [0.3, 0.4) is 0 Å². The quantitative estimate of drug-likeness (QED) is 0.267. The second-order valence-corrected chi connectivity index (χ2v) is 9.52. The summed E-state index contributed by atoms with van der Waals surface area (Å²) in [5.74, 6) is 0.0542. The molecule has 0 aliphatic rings. The third-order valence-corrected chi connectivity index (χ3v) is 6.43. The van der Waals surface area contributed by atoms with Crippen LogP contribution in [0.15, 0.2) is 59.5 Å². The molecule has 0 bridgehead atoms. The van der Waals surface area contributed by atoms with Gasteiger partial charge in [-0.15, -0.1) is 12.4 Å². The second kappa shape index (κ2) is 12.5. The molecular formula is C28H32ClF3N6O. The number of anilines is 3. The van der Waals surface area contributed by atoms with E-state index < -0.39 is 23.8 Å². The first-order valence-corrected chi connectivity index (χ1v) is 12.3. The van der Waals surface area contributed by atoms with Crippen LogP contribution in [0.25, 0.3) is 10.9 Å². The van der Waals surface area contributed by atoms with Gasteiger partial charge in [-0.05, 0) is 52.2 Å². The molecule has 11 heteroatoms. The lowest BCUT2D eigenvalue weighted by Crippen LogP contribution is -2.26. The van der Waals surface area contributed by atoms with Gasteiger partial charge in [0.05, 0.1) is 22.8 Å². The van der Waals surface area contributed by atoms with Crippen molar-refractivity contribution < 1.29 is 13.2 Å². The Balaban J connectivity index is 0.00000420. The first-order valence-electron chi connectivity index (χ1n) is 12.3. The maximum absolute atomic E-state index is 14.8. The fourth-order valence-corrected chi connectivity index (χ4v) is 4.25. The number of alkyl halides is 2. The average Bonchev–Trinajstić information content (AvgIpc) is 2.87. The van der Waals surface area contributed by atoms with Crippen molar-refractivity contribution >= 4 is 40.5 Å². The molecule has 7 nitrogen and oxygen atoms in total. The van der Waals surface area contributed by atoms with Crippen LogP contribution >= 0.6 is 12.4 Å². The summed E-state index contributed by atoms with van der Waals surface area (Å²) in [6.45, 7) is 4.75. The van der Waals surface area contributed by atoms with E-state index in [0.717, 1.165) is 24.0 Å². The minimum atomic E-state index is -2.90. The summed E-state index contributed by atoms with van der Waals surface area (Å²) in [7, 11) is 5.81. The maximum atomic E-state index is 14.8. The zero-order valence-electron chi connectivity index (χ0n) is 22.5. The molecule has 4 aromatic rings. The fraction of sp³-hybridized carbons (Fsp3) is 0.321. The van der Waals surface area contributed by atoms with E-state index in [-0.39, 0.29) is 23.5 Å². The Kier molecular flexibility index (Phi) is 9.58. The predicted octanol–water partition coefficient (Wildman–Crippen LogP) is 6.10. The van der Waals surface area contributed by atoms with Crippen LogP contribution in [0.5, 0.6) is 0 Å². The Morgan fingerprint density at radius 2 is 1.69 bits per heavy atom. The SMILES string of the molecule is Cc1nc(N[C@H](C)c2cccc(C(F)F)c2F)c2cc(N(C)c3ccc(=O)n(CCN(C)C)c3)ccc2n1.Cl. The minimum absolute atomic E-state index is 0. The Morgan fingerprint density at radius 1 is 1.00 bits per heavy atom. The lowest BCUT2D eigenvalue weighted by atomic mass is 10.0. The predicted molar refractivity (Wildman–Crippen MR) is 152 cm³/mol. The van der Waals surface area contributed by atoms with Crippen molar-refractivity contribution in [3.63, 3.8) is 0 Å². The van der Waals surface area contributed by atoms with E-state index in [1.165, 1.54) is 12.1 Å². The molecular weight excluding hydrogens is 529 g/mol. The van der Waals surface area contributed by atoms with E-state index in [1.54, 1.807) is 30.5 Å². The Bertz CT molecular complexity index is 1510. The highest BCUT2D eigenvalue weighted by Gasteiger charge is 2.20. The molecule has 2 aromatic heterocycles. The maximum Gasteiger partial charge on any atom is 0.266 e. The monoisotopic (exact) mass is 560 g/mol. The van der Waals surface area contributed by atoms with E-state index in [4.69, 9.17) is 0 Å². The molecule has 0 aliphatic carbocycles. The van der Waals surface area contributed by atoms with Crippen LogP contribution in [0.4, 0.5) is 30.4 Å². The largest absolute Gasteiger partial charge is 0.363 e. The van der Waals surface area contributed by atoms with Gasteiger partial charge < -0.3 is 19.7 Å². The molecule has 4 rings (SSSR count). The Labute approximate surface area is 231 Å². The van der Waals surface area contributed by atoms with Gasteiger partial charge in [0.25, 0.3) is 12.0 Å². The summed E-state index contributed by atoms with van der Waals surface area (Å²) in [5.41, 5.74) is 1.75. The minimum Gasteiger partial charge on any atom is -0.363 e. The average molecular weight is 561 g/mol. The fourth-order valence-electron chi connectivity index (χ4n) is 4.25. The molecule has 0 unspecified atom stereocenters. The number of rotatable bonds is 9. The van der Waals surface area contributed by atoms with E-state index in [0.29, 0.717) is 29.1 Å². The van der Waals surface area contributed by atoms with Crippen LogP contribution in [0.1, 0.15) is 36.3 Å². The molecule has 0 saturated carbocycles. The summed E-state index contributed by atoms with van der Waals surface area (Å²) < 4.78 is 43.0. The molecule has 0 saturated heterocycles. The lowest BCUT2D eigenvalue weighted by Gasteiger charge is -2.22. The van der Waals surface area contributed by atoms with Gasteiger partial charge in [0, 0.05) is 49.0 Å². The van der Waals surface area contributed by atoms with Crippen molar-refractivity contribution in [3.05, 3.63) is 87.9 Å². The third-order valence-electron chi connectivity index (χ3n) is 6.43. The van der Waals surface area contributed by atoms with E-state index in [2.05, 4.69) is 15.3 Å². The molecule has 0 spiro atoms. The third kappa shape index (κ3) is 6.69. The van der Waals surface area contributed by atoms with E-state index in [1.807, 2.05) is 55.3 Å². The first-order chi connectivity index (χ1) is 18.0. The number of fused-ring (bicyclic) bond motifs is 1. The number of likely N-dealkylation sites (N-methyl/N-ethyl adjacent to an activating group) is 1. The van der Waals surface area contributed by atoms with Crippen LogP contribution in [0.2, 0.25) is 0 Å². The summed E-state index contributed by atoms with van der Waals surface area (Å²) in [6.07, 6.45) is -1.08. The van der Waals surface area contributed by atoms with Crippen molar-refractivity contribution in [1.82, 2.24) is 19.4 Å². The second-order valence-electron chi connectivity index (χ2n) is 9.52. The van der Waals surface area contributed by atoms with Crippen molar-refractivity contribution in [2.24, 2.45) is 0 Å². The van der Waals surface area contributed by atoms with Gasteiger partial charge in [-0.3, -0.25) is 4.79 Å². The van der Waals surface area contributed by atoms with Gasteiger partial charge in [-0.25, -0.2) is 23.1 Å². The summed E-state index contributed by atoms with van der Waals surface area (Å²) in [6, 6.07) is 12.4. The van der Waals surface area contributed by atoms with Gasteiger partial charge in [-0.2, -0.15) is 0 Å². The standard InChI is InChI=1S/C28H31F3N6O.ClH/c1-17(21-7-6-8-22(26(21)29)27(30)31)32-28-23-15-19(9-11-24(23)33-18(2)34-28)36(5)20-10-12-25(38)37(16-20)14-13-35(3)4;/h6-12,15-17,27H,13-14H2,1-5H3,(H,32,33,34);1H/t17-;/m1./s1. The zero-order chi connectivity index (χ0) is 27.6. The molecule has 0 fully saturated rings. The Hall–Kier alpha value is -3.63. The van der Waals surface area contributed by atoms with Gasteiger partial charge >= 0.3 is 0 Å². The highest BCUT2D eigenvalue weighted by molar-refractivity contribution is 5.92. The number of hydrogen-bond acceptors (Lipinski definition) is 6. The zero-order valence-corrected chi connectivity index (χ0v) is 23.3. The molecule has 0 aliphatic heterocycles. The summed E-state index contributed by atoms with van der Waals surface area (Å²) in [4.78, 5) is 25.3. The van der Waals surface area contributed by atoms with Crippen LogP contribution in [0, 0.1) is 12.7 Å². The molecule has 1 N–H and O–H groups in total.